The van der Waals surface area contributed by atoms with E-state index in [-0.39, 0.29) is 23.7 Å². The number of hydrogen-bond acceptors (Lipinski definition) is 4. The predicted molar refractivity (Wildman–Crippen MR) is 91.8 cm³/mol. The molecule has 4 aliphatic rings. The summed E-state index contributed by atoms with van der Waals surface area (Å²) >= 11 is 0. The smallest absolute Gasteiger partial charge is 0.267 e. The number of carbonyl (C=O) groups excluding carboxylic acids is 2. The van der Waals surface area contributed by atoms with Crippen LogP contribution in [-0.4, -0.2) is 26.7 Å². The zero-order chi connectivity index (χ0) is 17.4. The van der Waals surface area contributed by atoms with Crippen LogP contribution in [0.15, 0.2) is 72.3 Å². The normalized spacial score (nSPS) is 22.5. The van der Waals surface area contributed by atoms with Gasteiger partial charge in [-0.05, 0) is 22.3 Å². The van der Waals surface area contributed by atoms with Crippen LogP contribution >= 0.6 is 0 Å². The average molecular weight is 340 g/mol. The summed E-state index contributed by atoms with van der Waals surface area (Å²) in [5.74, 6) is -0.992. The molecule has 0 N–H and O–H groups in total. The van der Waals surface area contributed by atoms with Crippen LogP contribution in [0.2, 0.25) is 0 Å². The van der Waals surface area contributed by atoms with E-state index in [2.05, 4.69) is 34.5 Å². The molecule has 0 atom stereocenters. The fourth-order valence-corrected chi connectivity index (χ4v) is 4.65. The summed E-state index contributed by atoms with van der Waals surface area (Å²) in [6.07, 6.45) is 2.74. The number of imide groups is 1. The van der Waals surface area contributed by atoms with Crippen LogP contribution in [0.4, 0.5) is 0 Å². The first kappa shape index (κ1) is 13.7. The Hall–Kier alpha value is -3.54. The lowest BCUT2D eigenvalue weighted by molar-refractivity contribution is -0.123. The number of nitrogens with zero attached hydrogens (tertiary/aromatic N) is 4. The molecular formula is C20H12N4O2. The van der Waals surface area contributed by atoms with Gasteiger partial charge in [-0.25, -0.2) is 4.68 Å². The second-order valence-electron chi connectivity index (χ2n) is 6.72. The van der Waals surface area contributed by atoms with Crippen LogP contribution in [0.1, 0.15) is 34.1 Å². The Morgan fingerprint density at radius 3 is 1.42 bits per heavy atom. The SMILES string of the molecule is O=C1C2=C(C(=O)N1n1cnnc1)C1c3ccccc3C2c2ccccc21. The second kappa shape index (κ2) is 4.54. The van der Waals surface area contributed by atoms with Gasteiger partial charge < -0.3 is 0 Å². The van der Waals surface area contributed by atoms with Gasteiger partial charge in [0.2, 0.25) is 0 Å². The molecule has 6 heteroatoms. The molecule has 124 valence electrons. The summed E-state index contributed by atoms with van der Waals surface area (Å²) < 4.78 is 1.36. The number of benzene rings is 2. The molecule has 0 fully saturated rings. The van der Waals surface area contributed by atoms with Gasteiger partial charge in [-0.3, -0.25) is 9.59 Å². The monoisotopic (exact) mass is 340 g/mol. The molecule has 2 heterocycles. The van der Waals surface area contributed by atoms with Gasteiger partial charge >= 0.3 is 0 Å². The number of carbonyl (C=O) groups is 2. The summed E-state index contributed by atoms with van der Waals surface area (Å²) in [5, 5.41) is 8.61. The first-order valence-corrected chi connectivity index (χ1v) is 8.43. The highest BCUT2D eigenvalue weighted by molar-refractivity contribution is 6.31. The molecule has 3 aromatic rings. The van der Waals surface area contributed by atoms with Crippen molar-refractivity contribution in [1.29, 1.82) is 0 Å². The van der Waals surface area contributed by atoms with Crippen molar-refractivity contribution in [3.05, 3.63) is 94.6 Å². The van der Waals surface area contributed by atoms with E-state index in [0.717, 1.165) is 27.3 Å². The molecule has 0 saturated carbocycles. The van der Waals surface area contributed by atoms with Crippen molar-refractivity contribution in [3.8, 4) is 0 Å². The molecule has 1 aromatic heterocycles. The van der Waals surface area contributed by atoms with Crippen molar-refractivity contribution in [2.75, 3.05) is 5.01 Å². The number of aromatic nitrogens is 3. The van der Waals surface area contributed by atoms with Crippen molar-refractivity contribution >= 4 is 11.8 Å². The lowest BCUT2D eigenvalue weighted by Crippen LogP contribution is -2.40. The van der Waals surface area contributed by atoms with Gasteiger partial charge in [-0.1, -0.05) is 48.5 Å². The highest BCUT2D eigenvalue weighted by atomic mass is 16.2. The zero-order valence-corrected chi connectivity index (χ0v) is 13.5. The predicted octanol–water partition coefficient (Wildman–Crippen LogP) is 1.87. The largest absolute Gasteiger partial charge is 0.277 e. The van der Waals surface area contributed by atoms with E-state index < -0.39 is 0 Å². The van der Waals surface area contributed by atoms with Crippen LogP contribution in [0, 0.1) is 0 Å². The molecule has 0 radical (unpaired) electrons. The molecule has 1 aliphatic heterocycles. The molecule has 0 unspecified atom stereocenters. The van der Waals surface area contributed by atoms with Crippen molar-refractivity contribution in [2.45, 2.75) is 11.8 Å². The first-order valence-electron chi connectivity index (χ1n) is 8.43. The Labute approximate surface area is 148 Å². The van der Waals surface area contributed by atoms with Crippen molar-refractivity contribution < 1.29 is 9.59 Å². The third kappa shape index (κ3) is 1.44. The molecule has 0 spiro atoms. The van der Waals surface area contributed by atoms with Crippen LogP contribution < -0.4 is 5.01 Å². The minimum atomic E-state index is -0.288. The van der Waals surface area contributed by atoms with Gasteiger partial charge in [0.15, 0.2) is 0 Å². The van der Waals surface area contributed by atoms with Crippen molar-refractivity contribution in [1.82, 2.24) is 14.9 Å². The molecule has 2 amide bonds. The Balaban J connectivity index is 1.64. The van der Waals surface area contributed by atoms with Gasteiger partial charge in [0.05, 0.1) is 0 Å². The third-order valence-corrected chi connectivity index (χ3v) is 5.59. The van der Waals surface area contributed by atoms with Crippen LogP contribution in [0.3, 0.4) is 0 Å². The lowest BCUT2D eigenvalue weighted by atomic mass is 9.61. The van der Waals surface area contributed by atoms with E-state index in [1.54, 1.807) is 0 Å². The molecule has 2 aromatic carbocycles. The fraction of sp³-hybridized carbons (Fsp3) is 0.100. The molecule has 6 nitrogen and oxygen atoms in total. The summed E-state index contributed by atoms with van der Waals surface area (Å²) in [7, 11) is 0. The first-order chi connectivity index (χ1) is 12.8. The van der Waals surface area contributed by atoms with Crippen LogP contribution in [0.5, 0.6) is 0 Å². The number of amides is 2. The topological polar surface area (TPSA) is 68.1 Å². The van der Waals surface area contributed by atoms with E-state index in [9.17, 15) is 9.59 Å². The average Bonchev–Trinajstić information content (AvgIpc) is 3.29. The quantitative estimate of drug-likeness (QED) is 0.634. The summed E-state index contributed by atoms with van der Waals surface area (Å²) in [5.41, 5.74) is 5.63. The van der Waals surface area contributed by atoms with Crippen molar-refractivity contribution in [3.63, 3.8) is 0 Å². The zero-order valence-electron chi connectivity index (χ0n) is 13.5. The number of hydrogen-bond donors (Lipinski definition) is 0. The van der Waals surface area contributed by atoms with Gasteiger partial charge in [-0.2, -0.15) is 5.01 Å². The standard InChI is InChI=1S/C20H12N4O2/c25-19-17-15-11-5-1-2-6-12(11)16(14-8-4-3-7-13(14)15)18(17)20(26)24(19)23-9-21-22-10-23/h1-10,15-16H. The Morgan fingerprint density at radius 2 is 1.04 bits per heavy atom. The third-order valence-electron chi connectivity index (χ3n) is 5.59. The summed E-state index contributed by atoms with van der Waals surface area (Å²) in [6.45, 7) is 0. The van der Waals surface area contributed by atoms with Gasteiger partial charge in [0, 0.05) is 23.0 Å². The second-order valence-corrected chi connectivity index (χ2v) is 6.72. The van der Waals surface area contributed by atoms with Crippen LogP contribution in [-0.2, 0) is 9.59 Å². The Morgan fingerprint density at radius 1 is 0.654 bits per heavy atom. The van der Waals surface area contributed by atoms with Gasteiger partial charge in [0.1, 0.15) is 12.7 Å². The molecular weight excluding hydrogens is 328 g/mol. The fourth-order valence-electron chi connectivity index (χ4n) is 4.65. The minimum absolute atomic E-state index is 0.208. The van der Waals surface area contributed by atoms with E-state index in [4.69, 9.17) is 0 Å². The van der Waals surface area contributed by atoms with E-state index in [1.807, 2.05) is 24.3 Å². The molecule has 3 aliphatic carbocycles. The summed E-state index contributed by atoms with van der Waals surface area (Å²) in [4.78, 5) is 26.5. The van der Waals surface area contributed by atoms with E-state index in [0.29, 0.717) is 11.1 Å². The summed E-state index contributed by atoms with van der Waals surface area (Å²) in [6, 6.07) is 16.2. The minimum Gasteiger partial charge on any atom is -0.267 e. The maximum Gasteiger partial charge on any atom is 0.277 e. The van der Waals surface area contributed by atoms with Crippen molar-refractivity contribution in [2.24, 2.45) is 0 Å². The Kier molecular flexibility index (Phi) is 2.40. The lowest BCUT2D eigenvalue weighted by Gasteiger charge is -2.39. The van der Waals surface area contributed by atoms with E-state index in [1.165, 1.54) is 17.3 Å². The molecule has 7 rings (SSSR count). The molecule has 0 saturated heterocycles. The number of rotatable bonds is 1. The Bertz CT molecular complexity index is 1030. The van der Waals surface area contributed by atoms with Crippen LogP contribution in [0.25, 0.3) is 0 Å². The maximum atomic E-state index is 13.2. The van der Waals surface area contributed by atoms with Gasteiger partial charge in [0.25, 0.3) is 11.8 Å². The maximum absolute atomic E-state index is 13.2. The molecule has 26 heavy (non-hydrogen) atoms. The highest BCUT2D eigenvalue weighted by Gasteiger charge is 2.54. The van der Waals surface area contributed by atoms with E-state index >= 15 is 0 Å². The highest BCUT2D eigenvalue weighted by Crippen LogP contribution is 2.57. The molecule has 2 bridgehead atoms. The van der Waals surface area contributed by atoms with Gasteiger partial charge in [-0.15, -0.1) is 10.2 Å².